The SMILES string of the molecule is CN(C[C@@H](O)CF)C1CCCCC1. The molecule has 1 saturated carbocycles. The van der Waals surface area contributed by atoms with Crippen LogP contribution in [-0.2, 0) is 0 Å². The van der Waals surface area contributed by atoms with Crippen LogP contribution < -0.4 is 0 Å². The van der Waals surface area contributed by atoms with Crippen LogP contribution in [0.1, 0.15) is 32.1 Å². The van der Waals surface area contributed by atoms with E-state index in [-0.39, 0.29) is 0 Å². The monoisotopic (exact) mass is 189 g/mol. The van der Waals surface area contributed by atoms with Gasteiger partial charge in [0.05, 0.1) is 6.10 Å². The van der Waals surface area contributed by atoms with E-state index in [1.165, 1.54) is 32.1 Å². The fourth-order valence-electron chi connectivity index (χ4n) is 2.05. The summed E-state index contributed by atoms with van der Waals surface area (Å²) in [5.41, 5.74) is 0. The van der Waals surface area contributed by atoms with Gasteiger partial charge in [0.2, 0.25) is 0 Å². The first kappa shape index (κ1) is 10.9. The van der Waals surface area contributed by atoms with Crippen LogP contribution in [-0.4, -0.2) is 42.4 Å². The Morgan fingerprint density at radius 3 is 2.54 bits per heavy atom. The standard InChI is InChI=1S/C10H20FNO/c1-12(8-10(13)7-11)9-5-3-2-4-6-9/h9-10,13H,2-8H2,1H3/t10-/m0/s1. The van der Waals surface area contributed by atoms with E-state index in [0.29, 0.717) is 12.6 Å². The number of halogens is 1. The second kappa shape index (κ2) is 5.55. The Morgan fingerprint density at radius 2 is 2.00 bits per heavy atom. The molecule has 0 aromatic rings. The lowest BCUT2D eigenvalue weighted by atomic mass is 9.94. The zero-order valence-electron chi connectivity index (χ0n) is 8.38. The zero-order chi connectivity index (χ0) is 9.68. The Labute approximate surface area is 79.7 Å². The van der Waals surface area contributed by atoms with Gasteiger partial charge in [-0.2, -0.15) is 0 Å². The summed E-state index contributed by atoms with van der Waals surface area (Å²) in [6, 6.07) is 0.565. The number of nitrogens with zero attached hydrogens (tertiary/aromatic N) is 1. The maximum atomic E-state index is 12.0. The molecular weight excluding hydrogens is 169 g/mol. The second-order valence-electron chi connectivity index (χ2n) is 4.04. The van der Waals surface area contributed by atoms with Gasteiger partial charge in [-0.15, -0.1) is 0 Å². The Bertz CT molecular complexity index is 137. The highest BCUT2D eigenvalue weighted by molar-refractivity contribution is 4.75. The molecule has 0 saturated heterocycles. The number of rotatable bonds is 4. The molecule has 0 aliphatic heterocycles. The molecule has 0 amide bonds. The van der Waals surface area contributed by atoms with E-state index in [1.807, 2.05) is 7.05 Å². The second-order valence-corrected chi connectivity index (χ2v) is 4.04. The highest BCUT2D eigenvalue weighted by Gasteiger charge is 2.19. The first-order valence-corrected chi connectivity index (χ1v) is 5.18. The number of hydrogen-bond acceptors (Lipinski definition) is 2. The molecule has 1 aliphatic carbocycles. The summed E-state index contributed by atoms with van der Waals surface area (Å²) in [6.07, 6.45) is 5.49. The number of aliphatic hydroxyl groups is 1. The Balaban J connectivity index is 2.24. The smallest absolute Gasteiger partial charge is 0.117 e. The third kappa shape index (κ3) is 3.61. The van der Waals surface area contributed by atoms with E-state index in [0.717, 1.165) is 0 Å². The van der Waals surface area contributed by atoms with Gasteiger partial charge in [-0.05, 0) is 19.9 Å². The van der Waals surface area contributed by atoms with Crippen molar-refractivity contribution in [2.24, 2.45) is 0 Å². The molecule has 1 rings (SSSR count). The maximum Gasteiger partial charge on any atom is 0.117 e. The highest BCUT2D eigenvalue weighted by Crippen LogP contribution is 2.21. The highest BCUT2D eigenvalue weighted by atomic mass is 19.1. The third-order valence-corrected chi connectivity index (χ3v) is 2.87. The van der Waals surface area contributed by atoms with E-state index in [2.05, 4.69) is 4.90 Å². The van der Waals surface area contributed by atoms with Gasteiger partial charge in [0.25, 0.3) is 0 Å². The quantitative estimate of drug-likeness (QED) is 0.726. The van der Waals surface area contributed by atoms with Gasteiger partial charge < -0.3 is 10.0 Å². The third-order valence-electron chi connectivity index (χ3n) is 2.87. The Kier molecular flexibility index (Phi) is 4.67. The molecule has 1 atom stereocenters. The number of hydrogen-bond donors (Lipinski definition) is 1. The summed E-state index contributed by atoms with van der Waals surface area (Å²) in [5.74, 6) is 0. The van der Waals surface area contributed by atoms with Gasteiger partial charge in [-0.3, -0.25) is 0 Å². The summed E-state index contributed by atoms with van der Waals surface area (Å²) in [4.78, 5) is 2.10. The van der Waals surface area contributed by atoms with E-state index in [4.69, 9.17) is 5.11 Å². The van der Waals surface area contributed by atoms with E-state index in [9.17, 15) is 4.39 Å². The minimum atomic E-state index is -0.799. The molecule has 0 heterocycles. The van der Waals surface area contributed by atoms with Crippen molar-refractivity contribution in [2.75, 3.05) is 20.3 Å². The van der Waals surface area contributed by atoms with Gasteiger partial charge in [0, 0.05) is 12.6 Å². The van der Waals surface area contributed by atoms with Crippen molar-refractivity contribution in [3.63, 3.8) is 0 Å². The van der Waals surface area contributed by atoms with Crippen molar-refractivity contribution >= 4 is 0 Å². The van der Waals surface area contributed by atoms with Gasteiger partial charge in [0.1, 0.15) is 6.67 Å². The van der Waals surface area contributed by atoms with Crippen molar-refractivity contribution in [1.82, 2.24) is 4.90 Å². The van der Waals surface area contributed by atoms with Crippen molar-refractivity contribution in [2.45, 2.75) is 44.2 Å². The molecule has 1 aliphatic rings. The van der Waals surface area contributed by atoms with Crippen LogP contribution in [0.15, 0.2) is 0 Å². The molecule has 0 unspecified atom stereocenters. The normalized spacial score (nSPS) is 22.2. The first-order valence-electron chi connectivity index (χ1n) is 5.18. The van der Waals surface area contributed by atoms with Gasteiger partial charge >= 0.3 is 0 Å². The predicted molar refractivity (Wildman–Crippen MR) is 51.5 cm³/mol. The lowest BCUT2D eigenvalue weighted by Crippen LogP contribution is -2.39. The van der Waals surface area contributed by atoms with E-state index in [1.54, 1.807) is 0 Å². The summed E-state index contributed by atoms with van der Waals surface area (Å²) < 4.78 is 12.0. The van der Waals surface area contributed by atoms with Gasteiger partial charge in [-0.25, -0.2) is 4.39 Å². The van der Waals surface area contributed by atoms with Crippen LogP contribution in [0, 0.1) is 0 Å². The summed E-state index contributed by atoms with van der Waals surface area (Å²) in [5, 5.41) is 9.14. The van der Waals surface area contributed by atoms with Crippen molar-refractivity contribution < 1.29 is 9.50 Å². The molecule has 78 valence electrons. The van der Waals surface area contributed by atoms with Crippen LogP contribution in [0.4, 0.5) is 4.39 Å². The number of alkyl halides is 1. The van der Waals surface area contributed by atoms with Gasteiger partial charge in [-0.1, -0.05) is 19.3 Å². The molecule has 0 aromatic carbocycles. The summed E-state index contributed by atoms with van der Waals surface area (Å²) >= 11 is 0. The molecular formula is C10H20FNO. The van der Waals surface area contributed by atoms with Crippen LogP contribution in [0.3, 0.4) is 0 Å². The fraction of sp³-hybridized carbons (Fsp3) is 1.00. The summed E-state index contributed by atoms with van der Waals surface area (Å²) in [6.45, 7) is -0.155. The Morgan fingerprint density at radius 1 is 1.38 bits per heavy atom. The van der Waals surface area contributed by atoms with Crippen LogP contribution in [0.25, 0.3) is 0 Å². The largest absolute Gasteiger partial charge is 0.389 e. The van der Waals surface area contributed by atoms with E-state index < -0.39 is 12.8 Å². The zero-order valence-corrected chi connectivity index (χ0v) is 8.38. The summed E-state index contributed by atoms with van der Waals surface area (Å²) in [7, 11) is 1.98. The Hall–Kier alpha value is -0.150. The molecule has 0 radical (unpaired) electrons. The molecule has 0 bridgehead atoms. The average molecular weight is 189 g/mol. The van der Waals surface area contributed by atoms with E-state index >= 15 is 0 Å². The number of aliphatic hydroxyl groups excluding tert-OH is 1. The molecule has 1 N–H and O–H groups in total. The van der Waals surface area contributed by atoms with Gasteiger partial charge in [0.15, 0.2) is 0 Å². The van der Waals surface area contributed by atoms with Crippen LogP contribution >= 0.6 is 0 Å². The van der Waals surface area contributed by atoms with Crippen molar-refractivity contribution in [3.8, 4) is 0 Å². The maximum absolute atomic E-state index is 12.0. The molecule has 1 fully saturated rings. The van der Waals surface area contributed by atoms with Crippen LogP contribution in [0.2, 0.25) is 0 Å². The molecule has 13 heavy (non-hydrogen) atoms. The average Bonchev–Trinajstić information content (AvgIpc) is 2.19. The topological polar surface area (TPSA) is 23.5 Å². The van der Waals surface area contributed by atoms with Crippen molar-refractivity contribution in [3.05, 3.63) is 0 Å². The lowest BCUT2D eigenvalue weighted by molar-refractivity contribution is 0.0736. The predicted octanol–water partition coefficient (Wildman–Crippen LogP) is 1.58. The molecule has 0 aromatic heterocycles. The lowest BCUT2D eigenvalue weighted by Gasteiger charge is -2.31. The van der Waals surface area contributed by atoms with Crippen molar-refractivity contribution in [1.29, 1.82) is 0 Å². The molecule has 3 heteroatoms. The number of likely N-dealkylation sites (N-methyl/N-ethyl adjacent to an activating group) is 1. The fourth-order valence-corrected chi connectivity index (χ4v) is 2.05. The minimum Gasteiger partial charge on any atom is -0.389 e. The first-order chi connectivity index (χ1) is 6.24. The minimum absolute atomic E-state index is 0.473. The molecule has 0 spiro atoms. The van der Waals surface area contributed by atoms with Crippen LogP contribution in [0.5, 0.6) is 0 Å². The molecule has 2 nitrogen and oxygen atoms in total.